The maximum Gasteiger partial charge on any atom is 0.101 e. The molecule has 0 N–H and O–H groups in total. The molecule has 0 radical (unpaired) electrons. The number of hydrogen-bond donors (Lipinski definition) is 0. The first-order valence-electron chi connectivity index (χ1n) is 9.51. The summed E-state index contributed by atoms with van der Waals surface area (Å²) in [6.45, 7) is 7.63. The van der Waals surface area contributed by atoms with Gasteiger partial charge in [-0.1, -0.05) is 42.8 Å². The van der Waals surface area contributed by atoms with Gasteiger partial charge < -0.3 is 4.90 Å². The van der Waals surface area contributed by atoms with E-state index in [4.69, 9.17) is 16.4 Å². The van der Waals surface area contributed by atoms with E-state index in [0.29, 0.717) is 16.6 Å². The number of hydrogen-bond acceptors (Lipinski definition) is 4. The molecule has 0 unspecified atom stereocenters. The van der Waals surface area contributed by atoms with E-state index in [1.165, 1.54) is 11.1 Å². The van der Waals surface area contributed by atoms with Crippen molar-refractivity contribution in [3.05, 3.63) is 64.2 Å². The molecule has 0 amide bonds. The van der Waals surface area contributed by atoms with E-state index < -0.39 is 0 Å². The Hall–Kier alpha value is -2.06. The molecular weight excluding hydrogens is 358 g/mol. The van der Waals surface area contributed by atoms with Crippen LogP contribution in [0.3, 0.4) is 0 Å². The van der Waals surface area contributed by atoms with Crippen LogP contribution in [-0.2, 0) is 11.4 Å². The summed E-state index contributed by atoms with van der Waals surface area (Å²) < 4.78 is 0. The lowest BCUT2D eigenvalue weighted by molar-refractivity contribution is -0.185. The molecule has 2 aromatic rings. The van der Waals surface area contributed by atoms with E-state index in [-0.39, 0.29) is 0 Å². The summed E-state index contributed by atoms with van der Waals surface area (Å²) in [7, 11) is 0. The molecule has 5 heteroatoms. The molecule has 0 aromatic heterocycles. The summed E-state index contributed by atoms with van der Waals surface area (Å²) in [6, 6.07) is 16.7. The quantitative estimate of drug-likeness (QED) is 0.708. The fourth-order valence-electron chi connectivity index (χ4n) is 3.53. The lowest BCUT2D eigenvalue weighted by Gasteiger charge is -2.40. The molecule has 0 bridgehead atoms. The Labute approximate surface area is 166 Å². The molecule has 1 atom stereocenters. The number of nitrogens with zero attached hydrogens (tertiary/aromatic N) is 3. The van der Waals surface area contributed by atoms with Crippen LogP contribution in [0.5, 0.6) is 0 Å². The predicted octanol–water partition coefficient (Wildman–Crippen LogP) is 4.94. The molecule has 142 valence electrons. The van der Waals surface area contributed by atoms with Gasteiger partial charge >= 0.3 is 0 Å². The first-order chi connectivity index (χ1) is 13.1. The molecule has 3 rings (SSSR count). The van der Waals surface area contributed by atoms with Gasteiger partial charge in [-0.15, -0.1) is 0 Å². The van der Waals surface area contributed by atoms with E-state index in [0.717, 1.165) is 44.8 Å². The minimum absolute atomic E-state index is 0.328. The van der Waals surface area contributed by atoms with Gasteiger partial charge in [-0.25, -0.2) is 0 Å². The van der Waals surface area contributed by atoms with Crippen LogP contribution in [0.25, 0.3) is 0 Å². The summed E-state index contributed by atoms with van der Waals surface area (Å²) in [6.07, 6.45) is 2.02. The molecule has 27 heavy (non-hydrogen) atoms. The third kappa shape index (κ3) is 4.81. The molecule has 1 fully saturated rings. The van der Waals surface area contributed by atoms with E-state index in [1.54, 1.807) is 0 Å². The Balaban J connectivity index is 1.92. The average Bonchev–Trinajstić information content (AvgIpc) is 2.68. The van der Waals surface area contributed by atoms with Crippen LogP contribution >= 0.6 is 11.6 Å². The Morgan fingerprint density at radius 3 is 2.81 bits per heavy atom. The second-order valence-electron chi connectivity index (χ2n) is 6.99. The van der Waals surface area contributed by atoms with Crippen LogP contribution in [0, 0.1) is 18.3 Å². The minimum Gasteiger partial charge on any atom is -0.363 e. The number of nitriles is 1. The maximum atomic E-state index is 9.19. The number of rotatable bonds is 6. The second kappa shape index (κ2) is 9.23. The number of anilines is 1. The highest BCUT2D eigenvalue weighted by Gasteiger charge is 2.27. The van der Waals surface area contributed by atoms with Gasteiger partial charge in [0.25, 0.3) is 0 Å². The molecule has 1 aliphatic heterocycles. The Morgan fingerprint density at radius 1 is 1.30 bits per heavy atom. The average molecular weight is 384 g/mol. The minimum atomic E-state index is 0.328. The zero-order valence-electron chi connectivity index (χ0n) is 16.0. The summed E-state index contributed by atoms with van der Waals surface area (Å²) in [5.74, 6) is 0. The summed E-state index contributed by atoms with van der Waals surface area (Å²) in [5, 5.41) is 11.8. The molecular formula is C22H26ClN3O. The SMILES string of the molecule is CCCN1C[C@@H](N(Cc2ccccc2C)c2ccc(C#N)c(Cl)c2)CCO1. The molecule has 0 saturated carbocycles. The van der Waals surface area contributed by atoms with Crippen molar-refractivity contribution < 1.29 is 4.84 Å². The van der Waals surface area contributed by atoms with Gasteiger partial charge in [-0.2, -0.15) is 10.3 Å². The van der Waals surface area contributed by atoms with Gasteiger partial charge in [0.05, 0.1) is 17.2 Å². The molecule has 2 aromatic carbocycles. The van der Waals surface area contributed by atoms with Gasteiger partial charge in [-0.3, -0.25) is 4.84 Å². The highest BCUT2D eigenvalue weighted by atomic mass is 35.5. The van der Waals surface area contributed by atoms with Crippen LogP contribution in [0.4, 0.5) is 5.69 Å². The number of aryl methyl sites for hydroxylation is 1. The van der Waals surface area contributed by atoms with Crippen LogP contribution in [0.2, 0.25) is 5.02 Å². The highest BCUT2D eigenvalue weighted by Crippen LogP contribution is 2.29. The first kappa shape index (κ1) is 19.7. The molecule has 1 heterocycles. The normalized spacial score (nSPS) is 17.5. The number of hydroxylamine groups is 2. The Kier molecular flexibility index (Phi) is 6.73. The van der Waals surface area contributed by atoms with Crippen molar-refractivity contribution in [3.8, 4) is 6.07 Å². The van der Waals surface area contributed by atoms with Crippen molar-refractivity contribution in [2.45, 2.75) is 39.3 Å². The fourth-order valence-corrected chi connectivity index (χ4v) is 3.75. The highest BCUT2D eigenvalue weighted by molar-refractivity contribution is 6.32. The molecule has 0 aliphatic carbocycles. The largest absolute Gasteiger partial charge is 0.363 e. The zero-order chi connectivity index (χ0) is 19.2. The molecule has 1 saturated heterocycles. The summed E-state index contributed by atoms with van der Waals surface area (Å²) in [4.78, 5) is 8.21. The maximum absolute atomic E-state index is 9.19. The third-order valence-electron chi connectivity index (χ3n) is 5.06. The van der Waals surface area contributed by atoms with Crippen molar-refractivity contribution in [2.75, 3.05) is 24.6 Å². The van der Waals surface area contributed by atoms with Gasteiger partial charge in [0.2, 0.25) is 0 Å². The van der Waals surface area contributed by atoms with E-state index >= 15 is 0 Å². The third-order valence-corrected chi connectivity index (χ3v) is 5.37. The number of halogens is 1. The van der Waals surface area contributed by atoms with Gasteiger partial charge in [0.1, 0.15) is 6.07 Å². The topological polar surface area (TPSA) is 39.5 Å². The lowest BCUT2D eigenvalue weighted by atomic mass is 10.0. The van der Waals surface area contributed by atoms with Crippen molar-refractivity contribution >= 4 is 17.3 Å². The fraction of sp³-hybridized carbons (Fsp3) is 0.409. The Morgan fingerprint density at radius 2 is 2.11 bits per heavy atom. The monoisotopic (exact) mass is 383 g/mol. The standard InChI is InChI=1S/C22H26ClN3O/c1-3-11-25-16-21(10-12-27-25)26(15-19-7-5-4-6-17(19)2)20-9-8-18(14-24)22(23)13-20/h4-9,13,21H,3,10-12,15-16H2,1-2H3/t21-/m0/s1. The summed E-state index contributed by atoms with van der Waals surface area (Å²) in [5.41, 5.74) is 4.13. The van der Waals surface area contributed by atoms with Crippen molar-refractivity contribution in [1.29, 1.82) is 5.26 Å². The predicted molar refractivity (Wildman–Crippen MR) is 110 cm³/mol. The van der Waals surface area contributed by atoms with E-state index in [9.17, 15) is 5.26 Å². The Bertz CT molecular complexity index is 815. The summed E-state index contributed by atoms with van der Waals surface area (Å²) >= 11 is 6.34. The van der Waals surface area contributed by atoms with Crippen LogP contribution in [0.1, 0.15) is 36.5 Å². The van der Waals surface area contributed by atoms with Crippen LogP contribution in [-0.4, -0.2) is 30.8 Å². The van der Waals surface area contributed by atoms with Crippen molar-refractivity contribution in [2.24, 2.45) is 0 Å². The number of benzene rings is 2. The molecule has 1 aliphatic rings. The van der Waals surface area contributed by atoms with E-state index in [1.807, 2.05) is 18.2 Å². The van der Waals surface area contributed by atoms with Crippen LogP contribution in [0.15, 0.2) is 42.5 Å². The van der Waals surface area contributed by atoms with Gasteiger partial charge in [0.15, 0.2) is 0 Å². The molecule has 0 spiro atoms. The van der Waals surface area contributed by atoms with Crippen LogP contribution < -0.4 is 4.90 Å². The van der Waals surface area contributed by atoms with Gasteiger partial charge in [0, 0.05) is 31.4 Å². The van der Waals surface area contributed by atoms with Gasteiger partial charge in [-0.05, 0) is 49.1 Å². The van der Waals surface area contributed by atoms with E-state index in [2.05, 4.69) is 54.1 Å². The molecule has 4 nitrogen and oxygen atoms in total. The lowest BCUT2D eigenvalue weighted by Crippen LogP contribution is -2.48. The van der Waals surface area contributed by atoms with Crippen molar-refractivity contribution in [3.63, 3.8) is 0 Å². The smallest absolute Gasteiger partial charge is 0.101 e. The first-order valence-corrected chi connectivity index (χ1v) is 9.88. The second-order valence-corrected chi connectivity index (χ2v) is 7.40. The zero-order valence-corrected chi connectivity index (χ0v) is 16.7. The van der Waals surface area contributed by atoms with Crippen molar-refractivity contribution in [1.82, 2.24) is 5.06 Å².